The predicted molar refractivity (Wildman–Crippen MR) is 95.7 cm³/mol. The summed E-state index contributed by atoms with van der Waals surface area (Å²) in [6.45, 7) is -0.159. The first kappa shape index (κ1) is 16.4. The van der Waals surface area contributed by atoms with Crippen LogP contribution in [0.4, 0.5) is 11.4 Å². The third kappa shape index (κ3) is 2.58. The summed E-state index contributed by atoms with van der Waals surface area (Å²) >= 11 is 0. The second-order valence-electron chi connectivity index (χ2n) is 5.99. The summed E-state index contributed by atoms with van der Waals surface area (Å²) in [7, 11) is -3.29. The number of nitriles is 1. The number of aryl methyl sites for hydroxylation is 1. The highest BCUT2D eigenvalue weighted by Crippen LogP contribution is 2.38. The lowest BCUT2D eigenvalue weighted by atomic mass is 10.0. The first-order valence-electron chi connectivity index (χ1n) is 7.94. The number of anilines is 2. The van der Waals surface area contributed by atoms with E-state index in [1.54, 1.807) is 30.5 Å². The Morgan fingerprint density at radius 2 is 2.04 bits per heavy atom. The van der Waals surface area contributed by atoms with Crippen molar-refractivity contribution in [2.24, 2.45) is 0 Å². The van der Waals surface area contributed by atoms with Crippen molar-refractivity contribution in [2.75, 3.05) is 11.1 Å². The molecule has 8 heteroatoms. The Morgan fingerprint density at radius 3 is 2.73 bits per heavy atom. The standard InChI is InChI=1S/C18H14N4O3S/c19-7-11-8-21-15-3-4-16-14(5-6-26(16,24)25)17(15)18(11)22-12-1-2-13(10-23)20-9-12/h1-4,8-9,23H,5-6,10H2,(H,21,22). The molecule has 1 aliphatic rings. The van der Waals surface area contributed by atoms with Crippen LogP contribution in [0.1, 0.15) is 16.8 Å². The Kier molecular flexibility index (Phi) is 3.83. The Bertz CT molecular complexity index is 1170. The molecule has 0 unspecified atom stereocenters. The molecule has 4 rings (SSSR count). The molecule has 1 aliphatic heterocycles. The zero-order valence-corrected chi connectivity index (χ0v) is 14.4. The van der Waals surface area contributed by atoms with Crippen LogP contribution >= 0.6 is 0 Å². The lowest BCUT2D eigenvalue weighted by Crippen LogP contribution is -2.01. The van der Waals surface area contributed by atoms with Crippen molar-refractivity contribution in [3.8, 4) is 6.07 Å². The number of sulfone groups is 1. The van der Waals surface area contributed by atoms with Crippen molar-refractivity contribution in [3.63, 3.8) is 0 Å². The Balaban J connectivity index is 1.94. The fraction of sp³-hybridized carbons (Fsp3) is 0.167. The van der Waals surface area contributed by atoms with Gasteiger partial charge in [-0.25, -0.2) is 8.42 Å². The van der Waals surface area contributed by atoms with Crippen LogP contribution in [0.3, 0.4) is 0 Å². The highest BCUT2D eigenvalue weighted by Gasteiger charge is 2.29. The van der Waals surface area contributed by atoms with Crippen molar-refractivity contribution in [3.05, 3.63) is 53.5 Å². The van der Waals surface area contributed by atoms with E-state index in [2.05, 4.69) is 21.4 Å². The molecule has 7 nitrogen and oxygen atoms in total. The van der Waals surface area contributed by atoms with Gasteiger partial charge in [0.15, 0.2) is 9.84 Å². The molecular weight excluding hydrogens is 352 g/mol. The molecule has 1 aromatic carbocycles. The van der Waals surface area contributed by atoms with Gasteiger partial charge in [0.1, 0.15) is 6.07 Å². The third-order valence-corrected chi connectivity index (χ3v) is 6.23. The van der Waals surface area contributed by atoms with Crippen LogP contribution < -0.4 is 5.32 Å². The Morgan fingerprint density at radius 1 is 1.19 bits per heavy atom. The number of aromatic nitrogens is 2. The van der Waals surface area contributed by atoms with Gasteiger partial charge in [0, 0.05) is 11.6 Å². The van der Waals surface area contributed by atoms with Crippen LogP contribution in [0.15, 0.2) is 41.6 Å². The number of fused-ring (bicyclic) bond motifs is 3. The van der Waals surface area contributed by atoms with Gasteiger partial charge < -0.3 is 10.4 Å². The van der Waals surface area contributed by atoms with Gasteiger partial charge in [0.05, 0.1) is 51.6 Å². The second kappa shape index (κ2) is 6.05. The van der Waals surface area contributed by atoms with Gasteiger partial charge in [-0.2, -0.15) is 5.26 Å². The minimum absolute atomic E-state index is 0.0599. The average Bonchev–Trinajstić information content (AvgIpc) is 2.97. The molecular formula is C18H14N4O3S. The summed E-state index contributed by atoms with van der Waals surface area (Å²) in [5.74, 6) is 0.0599. The maximum atomic E-state index is 12.3. The summed E-state index contributed by atoms with van der Waals surface area (Å²) in [5.41, 5.74) is 3.32. The fourth-order valence-corrected chi connectivity index (χ4v) is 4.72. The number of rotatable bonds is 3. The van der Waals surface area contributed by atoms with Crippen molar-refractivity contribution in [1.29, 1.82) is 5.26 Å². The molecule has 0 bridgehead atoms. The first-order valence-corrected chi connectivity index (χ1v) is 9.59. The second-order valence-corrected chi connectivity index (χ2v) is 8.06. The highest BCUT2D eigenvalue weighted by atomic mass is 32.2. The topological polar surface area (TPSA) is 116 Å². The van der Waals surface area contributed by atoms with Crippen LogP contribution in [0.2, 0.25) is 0 Å². The molecule has 130 valence electrons. The van der Waals surface area contributed by atoms with Gasteiger partial charge in [-0.3, -0.25) is 9.97 Å². The number of hydrogen-bond donors (Lipinski definition) is 2. The smallest absolute Gasteiger partial charge is 0.179 e. The van der Waals surface area contributed by atoms with Crippen LogP contribution in [0.25, 0.3) is 10.9 Å². The minimum atomic E-state index is -3.29. The molecule has 3 heterocycles. The molecule has 2 N–H and O–H groups in total. The maximum absolute atomic E-state index is 12.3. The molecule has 0 spiro atoms. The lowest BCUT2D eigenvalue weighted by molar-refractivity contribution is 0.277. The number of benzene rings is 1. The van der Waals surface area contributed by atoms with E-state index >= 15 is 0 Å². The number of hydrogen-bond acceptors (Lipinski definition) is 7. The van der Waals surface area contributed by atoms with Crippen LogP contribution in [0, 0.1) is 11.3 Å². The highest BCUT2D eigenvalue weighted by molar-refractivity contribution is 7.91. The van der Waals surface area contributed by atoms with Crippen molar-refractivity contribution in [2.45, 2.75) is 17.9 Å². The molecule has 0 aliphatic carbocycles. The fourth-order valence-electron chi connectivity index (χ4n) is 3.17. The van der Waals surface area contributed by atoms with E-state index in [1.807, 2.05) is 0 Å². The molecule has 0 saturated heterocycles. The summed E-state index contributed by atoms with van der Waals surface area (Å²) in [5, 5.41) is 22.4. The van der Waals surface area contributed by atoms with Gasteiger partial charge in [0.25, 0.3) is 0 Å². The Hall–Kier alpha value is -3.02. The molecule has 3 aromatic rings. The van der Waals surface area contributed by atoms with Crippen LogP contribution in [0.5, 0.6) is 0 Å². The van der Waals surface area contributed by atoms with Gasteiger partial charge in [-0.15, -0.1) is 0 Å². The molecule has 0 saturated carbocycles. The largest absolute Gasteiger partial charge is 0.390 e. The van der Waals surface area contributed by atoms with Gasteiger partial charge >= 0.3 is 0 Å². The van der Waals surface area contributed by atoms with E-state index in [0.717, 1.165) is 0 Å². The van der Waals surface area contributed by atoms with E-state index in [-0.39, 0.29) is 12.4 Å². The predicted octanol–water partition coefficient (Wildman–Crippen LogP) is 2.07. The van der Waals surface area contributed by atoms with E-state index in [0.29, 0.717) is 50.4 Å². The molecule has 0 fully saturated rings. The van der Waals surface area contributed by atoms with Crippen molar-refractivity contribution < 1.29 is 13.5 Å². The van der Waals surface area contributed by atoms with Crippen molar-refractivity contribution >= 4 is 32.1 Å². The van der Waals surface area contributed by atoms with Gasteiger partial charge in [-0.1, -0.05) is 0 Å². The van der Waals surface area contributed by atoms with Crippen LogP contribution in [-0.4, -0.2) is 29.2 Å². The number of nitrogens with one attached hydrogen (secondary N) is 1. The molecule has 0 amide bonds. The summed E-state index contributed by atoms with van der Waals surface area (Å²) in [4.78, 5) is 8.72. The number of aliphatic hydroxyl groups excluding tert-OH is 1. The molecule has 0 atom stereocenters. The zero-order valence-electron chi connectivity index (χ0n) is 13.6. The van der Waals surface area contributed by atoms with E-state index in [4.69, 9.17) is 5.11 Å². The van der Waals surface area contributed by atoms with Crippen LogP contribution in [-0.2, 0) is 22.9 Å². The quantitative estimate of drug-likeness (QED) is 0.729. The monoisotopic (exact) mass is 366 g/mol. The minimum Gasteiger partial charge on any atom is -0.390 e. The summed E-state index contributed by atoms with van der Waals surface area (Å²) in [6, 6.07) is 8.77. The maximum Gasteiger partial charge on any atom is 0.179 e. The number of aliphatic hydroxyl groups is 1. The Labute approximate surface area is 149 Å². The number of pyridine rings is 2. The molecule has 0 radical (unpaired) electrons. The molecule has 2 aromatic heterocycles. The SMILES string of the molecule is N#Cc1cnc2ccc3c(c2c1Nc1ccc(CO)nc1)CCS3(=O)=O. The van der Waals surface area contributed by atoms with Gasteiger partial charge in [-0.05, 0) is 36.2 Å². The zero-order chi connectivity index (χ0) is 18.3. The molecule has 26 heavy (non-hydrogen) atoms. The summed E-state index contributed by atoms with van der Waals surface area (Å²) in [6.07, 6.45) is 3.41. The third-order valence-electron chi connectivity index (χ3n) is 4.43. The lowest BCUT2D eigenvalue weighted by Gasteiger charge is -2.14. The van der Waals surface area contributed by atoms with E-state index in [9.17, 15) is 13.7 Å². The van der Waals surface area contributed by atoms with Crippen molar-refractivity contribution in [1.82, 2.24) is 9.97 Å². The first-order chi connectivity index (χ1) is 12.5. The van der Waals surface area contributed by atoms with E-state index < -0.39 is 9.84 Å². The van der Waals surface area contributed by atoms with Gasteiger partial charge in [0.2, 0.25) is 0 Å². The normalized spacial score (nSPS) is 14.8. The average molecular weight is 366 g/mol. The number of nitrogens with zero attached hydrogens (tertiary/aromatic N) is 3. The van der Waals surface area contributed by atoms with E-state index in [1.165, 1.54) is 6.20 Å². The summed E-state index contributed by atoms with van der Waals surface area (Å²) < 4.78 is 24.5.